The van der Waals surface area contributed by atoms with Crippen molar-refractivity contribution in [3.8, 4) is 5.75 Å². The van der Waals surface area contributed by atoms with Gasteiger partial charge in [-0.1, -0.05) is 12.1 Å². The van der Waals surface area contributed by atoms with Crippen LogP contribution in [0.3, 0.4) is 0 Å². The van der Waals surface area contributed by atoms with E-state index in [1.807, 2.05) is 36.2 Å². The van der Waals surface area contributed by atoms with Crippen LogP contribution in [0, 0.1) is 0 Å². The Morgan fingerprint density at radius 3 is 2.56 bits per heavy atom. The number of carbonyl (C=O) groups excluding carboxylic acids is 1. The van der Waals surface area contributed by atoms with Gasteiger partial charge < -0.3 is 14.5 Å². The van der Waals surface area contributed by atoms with Gasteiger partial charge in [0.25, 0.3) is 0 Å². The Morgan fingerprint density at radius 1 is 1.11 bits per heavy atom. The normalized spacial score (nSPS) is 14.6. The van der Waals surface area contributed by atoms with Crippen molar-refractivity contribution in [2.24, 2.45) is 7.05 Å². The second-order valence-electron chi connectivity index (χ2n) is 6.60. The van der Waals surface area contributed by atoms with Gasteiger partial charge in [0, 0.05) is 33.2 Å². The number of fused-ring (bicyclic) bond motifs is 1. The van der Waals surface area contributed by atoms with E-state index in [1.165, 1.54) is 0 Å². The molecule has 3 heterocycles. The molecule has 8 heteroatoms. The van der Waals surface area contributed by atoms with Crippen LogP contribution in [-0.2, 0) is 18.3 Å². The zero-order valence-electron chi connectivity index (χ0n) is 15.5. The van der Waals surface area contributed by atoms with Gasteiger partial charge in [0.05, 0.1) is 25.1 Å². The summed E-state index contributed by atoms with van der Waals surface area (Å²) < 4.78 is 6.90. The fraction of sp³-hybridized carbons (Fsp3) is 0.368. The lowest BCUT2D eigenvalue weighted by Gasteiger charge is -2.35. The van der Waals surface area contributed by atoms with Crippen LogP contribution in [0.15, 0.2) is 36.8 Å². The van der Waals surface area contributed by atoms with Gasteiger partial charge in [-0.3, -0.25) is 9.48 Å². The Labute approximate surface area is 157 Å². The third kappa shape index (κ3) is 3.42. The molecule has 3 aromatic rings. The first-order valence-electron chi connectivity index (χ1n) is 8.94. The van der Waals surface area contributed by atoms with E-state index in [0.29, 0.717) is 19.5 Å². The standard InChI is InChI=1S/C19H22N6O2/c1-23-18-16(12-22-23)19(21-13-20-18)25-9-7-24(8-10-25)17(26)11-14-3-5-15(27-2)6-4-14/h3-6,12-13H,7-11H2,1-2H3. The molecule has 0 atom stereocenters. The number of carbonyl (C=O) groups is 1. The van der Waals surface area contributed by atoms with E-state index in [0.717, 1.165) is 41.3 Å². The van der Waals surface area contributed by atoms with E-state index in [-0.39, 0.29) is 5.91 Å². The summed E-state index contributed by atoms with van der Waals surface area (Å²) in [5, 5.41) is 5.21. The maximum Gasteiger partial charge on any atom is 0.227 e. The highest BCUT2D eigenvalue weighted by atomic mass is 16.5. The van der Waals surface area contributed by atoms with Crippen molar-refractivity contribution < 1.29 is 9.53 Å². The summed E-state index contributed by atoms with van der Waals surface area (Å²) in [5.74, 6) is 1.83. The Hall–Kier alpha value is -3.16. The average molecular weight is 366 g/mol. The molecule has 0 N–H and O–H groups in total. The molecule has 0 bridgehead atoms. The number of amides is 1. The van der Waals surface area contributed by atoms with E-state index in [2.05, 4.69) is 20.0 Å². The molecule has 140 valence electrons. The summed E-state index contributed by atoms with van der Waals surface area (Å²) >= 11 is 0. The van der Waals surface area contributed by atoms with Gasteiger partial charge in [-0.2, -0.15) is 5.10 Å². The number of anilines is 1. The highest BCUT2D eigenvalue weighted by Crippen LogP contribution is 2.23. The molecule has 1 aliphatic rings. The lowest BCUT2D eigenvalue weighted by Crippen LogP contribution is -2.49. The van der Waals surface area contributed by atoms with E-state index >= 15 is 0 Å². The van der Waals surface area contributed by atoms with Crippen molar-refractivity contribution >= 4 is 22.8 Å². The molecular weight excluding hydrogens is 344 g/mol. The van der Waals surface area contributed by atoms with Crippen molar-refractivity contribution in [3.63, 3.8) is 0 Å². The van der Waals surface area contributed by atoms with Crippen LogP contribution in [-0.4, -0.2) is 63.8 Å². The smallest absolute Gasteiger partial charge is 0.227 e. The van der Waals surface area contributed by atoms with Crippen LogP contribution in [0.1, 0.15) is 5.56 Å². The number of piperazine rings is 1. The van der Waals surface area contributed by atoms with E-state index in [4.69, 9.17) is 4.74 Å². The summed E-state index contributed by atoms with van der Waals surface area (Å²) in [6.07, 6.45) is 3.77. The molecule has 4 rings (SSSR count). The molecule has 27 heavy (non-hydrogen) atoms. The van der Waals surface area contributed by atoms with Gasteiger partial charge in [-0.05, 0) is 17.7 Å². The lowest BCUT2D eigenvalue weighted by molar-refractivity contribution is -0.130. The molecule has 0 unspecified atom stereocenters. The zero-order chi connectivity index (χ0) is 18.8. The fourth-order valence-electron chi connectivity index (χ4n) is 3.40. The molecular formula is C19H22N6O2. The Morgan fingerprint density at radius 2 is 1.85 bits per heavy atom. The minimum absolute atomic E-state index is 0.147. The molecule has 2 aromatic heterocycles. The van der Waals surface area contributed by atoms with Gasteiger partial charge in [-0.25, -0.2) is 9.97 Å². The highest BCUT2D eigenvalue weighted by Gasteiger charge is 2.23. The third-order valence-corrected chi connectivity index (χ3v) is 4.95. The lowest BCUT2D eigenvalue weighted by atomic mass is 10.1. The van der Waals surface area contributed by atoms with Crippen molar-refractivity contribution in [2.45, 2.75) is 6.42 Å². The van der Waals surface area contributed by atoms with Crippen LogP contribution in [0.2, 0.25) is 0 Å². The predicted molar refractivity (Wildman–Crippen MR) is 102 cm³/mol. The maximum atomic E-state index is 12.6. The summed E-state index contributed by atoms with van der Waals surface area (Å²) in [6, 6.07) is 7.64. The molecule has 1 aromatic carbocycles. The minimum Gasteiger partial charge on any atom is -0.497 e. The first-order chi connectivity index (χ1) is 13.2. The number of hydrogen-bond donors (Lipinski definition) is 0. The maximum absolute atomic E-state index is 12.6. The second kappa shape index (κ2) is 7.22. The van der Waals surface area contributed by atoms with Gasteiger partial charge in [-0.15, -0.1) is 0 Å². The average Bonchev–Trinajstić information content (AvgIpc) is 3.10. The van der Waals surface area contributed by atoms with Crippen molar-refractivity contribution in [1.82, 2.24) is 24.6 Å². The number of methoxy groups -OCH3 is 1. The monoisotopic (exact) mass is 366 g/mol. The SMILES string of the molecule is COc1ccc(CC(=O)N2CCN(c3ncnc4c3cnn4C)CC2)cc1. The topological polar surface area (TPSA) is 76.4 Å². The van der Waals surface area contributed by atoms with Crippen molar-refractivity contribution in [3.05, 3.63) is 42.4 Å². The third-order valence-electron chi connectivity index (χ3n) is 4.95. The van der Waals surface area contributed by atoms with Crippen LogP contribution in [0.4, 0.5) is 5.82 Å². The van der Waals surface area contributed by atoms with Crippen LogP contribution in [0.25, 0.3) is 11.0 Å². The first kappa shape index (κ1) is 17.3. The van der Waals surface area contributed by atoms with E-state index in [1.54, 1.807) is 24.3 Å². The second-order valence-corrected chi connectivity index (χ2v) is 6.60. The van der Waals surface area contributed by atoms with Gasteiger partial charge in [0.2, 0.25) is 5.91 Å². The highest BCUT2D eigenvalue weighted by molar-refractivity contribution is 5.87. The molecule has 0 radical (unpaired) electrons. The minimum atomic E-state index is 0.147. The molecule has 8 nitrogen and oxygen atoms in total. The zero-order valence-corrected chi connectivity index (χ0v) is 15.5. The number of rotatable bonds is 4. The number of aromatic nitrogens is 4. The van der Waals surface area contributed by atoms with E-state index < -0.39 is 0 Å². The summed E-state index contributed by atoms with van der Waals surface area (Å²) in [6.45, 7) is 2.85. The first-order valence-corrected chi connectivity index (χ1v) is 8.94. The molecule has 0 spiro atoms. The summed E-state index contributed by atoms with van der Waals surface area (Å²) in [7, 11) is 3.51. The Balaban J connectivity index is 1.40. The number of nitrogens with zero attached hydrogens (tertiary/aromatic N) is 6. The molecule has 1 aliphatic heterocycles. The number of ether oxygens (including phenoxy) is 1. The number of hydrogen-bond acceptors (Lipinski definition) is 6. The van der Waals surface area contributed by atoms with Crippen molar-refractivity contribution in [2.75, 3.05) is 38.2 Å². The fourth-order valence-corrected chi connectivity index (χ4v) is 3.40. The summed E-state index contributed by atoms with van der Waals surface area (Å²) in [5.41, 5.74) is 1.81. The van der Waals surface area contributed by atoms with Crippen LogP contribution >= 0.6 is 0 Å². The quantitative estimate of drug-likeness (QED) is 0.692. The van der Waals surface area contributed by atoms with Crippen LogP contribution < -0.4 is 9.64 Å². The van der Waals surface area contributed by atoms with Crippen molar-refractivity contribution in [1.29, 1.82) is 0 Å². The number of benzene rings is 1. The molecule has 1 saturated heterocycles. The largest absolute Gasteiger partial charge is 0.497 e. The Bertz CT molecular complexity index is 944. The van der Waals surface area contributed by atoms with E-state index in [9.17, 15) is 4.79 Å². The van der Waals surface area contributed by atoms with Gasteiger partial charge in [0.15, 0.2) is 5.65 Å². The predicted octanol–water partition coefficient (Wildman–Crippen LogP) is 1.26. The van der Waals surface area contributed by atoms with Gasteiger partial charge in [0.1, 0.15) is 17.9 Å². The summed E-state index contributed by atoms with van der Waals surface area (Å²) in [4.78, 5) is 25.5. The molecule has 0 aliphatic carbocycles. The molecule has 0 saturated carbocycles. The van der Waals surface area contributed by atoms with Crippen LogP contribution in [0.5, 0.6) is 5.75 Å². The van der Waals surface area contributed by atoms with Gasteiger partial charge >= 0.3 is 0 Å². The molecule has 1 amide bonds. The molecule has 1 fully saturated rings. The number of aryl methyl sites for hydroxylation is 1. The Kier molecular flexibility index (Phi) is 4.62.